The number of nitrogens with one attached hydrogen (secondary N) is 1. The Hall–Kier alpha value is -2.11. The molecule has 1 fully saturated rings. The normalized spacial score (nSPS) is 16.2. The predicted molar refractivity (Wildman–Crippen MR) is 96.7 cm³/mol. The molecule has 0 saturated carbocycles. The Bertz CT molecular complexity index is 919. The first kappa shape index (κ1) is 15.4. The summed E-state index contributed by atoms with van der Waals surface area (Å²) in [6.07, 6.45) is 5.05. The molecule has 1 N–H and O–H groups in total. The van der Waals surface area contributed by atoms with Crippen molar-refractivity contribution in [1.82, 2.24) is 14.5 Å². The number of aromatic nitrogens is 2. The van der Waals surface area contributed by atoms with E-state index in [9.17, 15) is 4.79 Å². The third-order valence-corrected chi connectivity index (χ3v) is 4.94. The Morgan fingerprint density at radius 3 is 2.83 bits per heavy atom. The van der Waals surface area contributed by atoms with Crippen molar-refractivity contribution in [3.8, 4) is 0 Å². The average Bonchev–Trinajstić information content (AvgIpc) is 2.90. The maximum atomic E-state index is 12.0. The molecular weight excluding hydrogens is 302 g/mol. The van der Waals surface area contributed by atoms with Gasteiger partial charge in [-0.3, -0.25) is 9.69 Å². The van der Waals surface area contributed by atoms with Crippen molar-refractivity contribution >= 4 is 21.8 Å². The van der Waals surface area contributed by atoms with Crippen LogP contribution >= 0.6 is 0 Å². The monoisotopic (exact) mass is 325 g/mol. The number of fused-ring (bicyclic) bond motifs is 3. The topological polar surface area (TPSA) is 50.3 Å². The Morgan fingerprint density at radius 2 is 2.00 bits per heavy atom. The van der Waals surface area contributed by atoms with Crippen LogP contribution < -0.4 is 5.43 Å². The molecule has 0 atom stereocenters. The number of aromatic amines is 1. The molecule has 0 amide bonds. The van der Waals surface area contributed by atoms with Crippen LogP contribution in [-0.2, 0) is 11.3 Å². The Morgan fingerprint density at radius 1 is 1.17 bits per heavy atom. The minimum absolute atomic E-state index is 0.0845. The van der Waals surface area contributed by atoms with E-state index in [0.717, 1.165) is 56.9 Å². The van der Waals surface area contributed by atoms with Crippen LogP contribution in [0.4, 0.5) is 0 Å². The van der Waals surface area contributed by atoms with Gasteiger partial charge in [-0.1, -0.05) is 0 Å². The standard InChI is InChI=1S/C19H23N3O2/c1-14-11-15(23)12-17-19(14)16-3-4-20-13-18(16)22(17)6-2-5-21-7-9-24-10-8-21/h3-4,11-13,20H,2,5-10H2,1H3. The van der Waals surface area contributed by atoms with Gasteiger partial charge < -0.3 is 14.3 Å². The van der Waals surface area contributed by atoms with E-state index < -0.39 is 0 Å². The summed E-state index contributed by atoms with van der Waals surface area (Å²) in [5, 5.41) is 2.41. The minimum atomic E-state index is 0.0845. The van der Waals surface area contributed by atoms with Crippen LogP contribution in [0.3, 0.4) is 0 Å². The quantitative estimate of drug-likeness (QED) is 0.802. The van der Waals surface area contributed by atoms with E-state index in [4.69, 9.17) is 4.74 Å². The molecule has 3 heterocycles. The highest BCUT2D eigenvalue weighted by molar-refractivity contribution is 6.09. The second-order valence-electron chi connectivity index (χ2n) is 6.54. The minimum Gasteiger partial charge on any atom is -0.379 e. The molecule has 5 nitrogen and oxygen atoms in total. The fraction of sp³-hybridized carbons (Fsp3) is 0.421. The van der Waals surface area contributed by atoms with Crippen LogP contribution in [0.25, 0.3) is 21.8 Å². The molecule has 0 radical (unpaired) electrons. The lowest BCUT2D eigenvalue weighted by atomic mass is 10.1. The molecular formula is C19H23N3O2. The number of nitrogens with zero attached hydrogens (tertiary/aromatic N) is 2. The molecule has 0 spiro atoms. The van der Waals surface area contributed by atoms with Crippen molar-refractivity contribution < 1.29 is 4.74 Å². The number of hydrogen-bond acceptors (Lipinski definition) is 3. The molecule has 1 aromatic carbocycles. The van der Waals surface area contributed by atoms with Crippen LogP contribution in [0.5, 0.6) is 0 Å². The summed E-state index contributed by atoms with van der Waals surface area (Å²) >= 11 is 0. The van der Waals surface area contributed by atoms with Gasteiger partial charge in [-0.05, 0) is 31.0 Å². The van der Waals surface area contributed by atoms with Crippen LogP contribution in [0.15, 0.2) is 35.4 Å². The van der Waals surface area contributed by atoms with Crippen molar-refractivity contribution in [2.45, 2.75) is 19.9 Å². The van der Waals surface area contributed by atoms with Crippen LogP contribution in [0, 0.1) is 6.92 Å². The van der Waals surface area contributed by atoms with Crippen LogP contribution in [0.1, 0.15) is 12.0 Å². The van der Waals surface area contributed by atoms with E-state index in [1.54, 1.807) is 12.1 Å². The number of benzene rings is 1. The number of aryl methyl sites for hydroxylation is 2. The van der Waals surface area contributed by atoms with Gasteiger partial charge in [0.1, 0.15) is 0 Å². The zero-order valence-electron chi connectivity index (χ0n) is 14.0. The van der Waals surface area contributed by atoms with Gasteiger partial charge in [0.05, 0.1) is 24.2 Å². The number of H-pyrrole nitrogens is 1. The molecule has 1 aliphatic rings. The van der Waals surface area contributed by atoms with Crippen molar-refractivity contribution in [2.75, 3.05) is 32.8 Å². The molecule has 126 valence electrons. The van der Waals surface area contributed by atoms with E-state index in [0.29, 0.717) is 0 Å². The van der Waals surface area contributed by atoms with Crippen molar-refractivity contribution in [3.63, 3.8) is 0 Å². The summed E-state index contributed by atoms with van der Waals surface area (Å²) in [6, 6.07) is 5.61. The number of pyridine rings is 1. The highest BCUT2D eigenvalue weighted by Gasteiger charge is 2.14. The van der Waals surface area contributed by atoms with Crippen LogP contribution in [0.2, 0.25) is 0 Å². The molecule has 24 heavy (non-hydrogen) atoms. The van der Waals surface area contributed by atoms with E-state index in [-0.39, 0.29) is 5.43 Å². The zero-order valence-corrected chi connectivity index (χ0v) is 14.0. The summed E-state index contributed by atoms with van der Waals surface area (Å²) in [5.74, 6) is 0. The molecule has 5 heteroatoms. The van der Waals surface area contributed by atoms with E-state index in [1.807, 2.05) is 19.3 Å². The van der Waals surface area contributed by atoms with Gasteiger partial charge in [0.15, 0.2) is 5.43 Å². The average molecular weight is 325 g/mol. The largest absolute Gasteiger partial charge is 0.379 e. The molecule has 3 aromatic rings. The fourth-order valence-corrected chi connectivity index (χ4v) is 3.80. The smallest absolute Gasteiger partial charge is 0.181 e. The highest BCUT2D eigenvalue weighted by Crippen LogP contribution is 2.29. The second-order valence-corrected chi connectivity index (χ2v) is 6.54. The third-order valence-electron chi connectivity index (χ3n) is 4.94. The SMILES string of the molecule is Cc1cc(=O)cc2c1c1cc[nH]cc1n2CCCN1CCOCC1. The highest BCUT2D eigenvalue weighted by atomic mass is 16.5. The van der Waals surface area contributed by atoms with Crippen molar-refractivity contribution in [2.24, 2.45) is 0 Å². The number of rotatable bonds is 4. The van der Waals surface area contributed by atoms with Gasteiger partial charge >= 0.3 is 0 Å². The number of ether oxygens (including phenoxy) is 1. The zero-order chi connectivity index (χ0) is 16.5. The first-order valence-corrected chi connectivity index (χ1v) is 8.64. The first-order chi connectivity index (χ1) is 11.7. The van der Waals surface area contributed by atoms with Gasteiger partial charge in [-0.25, -0.2) is 0 Å². The van der Waals surface area contributed by atoms with Crippen molar-refractivity contribution in [3.05, 3.63) is 46.4 Å². The number of morpholine rings is 1. The lowest BCUT2D eigenvalue weighted by Crippen LogP contribution is -2.37. The Kier molecular flexibility index (Phi) is 4.12. The van der Waals surface area contributed by atoms with Crippen molar-refractivity contribution in [1.29, 1.82) is 0 Å². The maximum Gasteiger partial charge on any atom is 0.181 e. The summed E-state index contributed by atoms with van der Waals surface area (Å²) in [7, 11) is 0. The Balaban J connectivity index is 1.68. The fourth-order valence-electron chi connectivity index (χ4n) is 3.80. The van der Waals surface area contributed by atoms with Gasteiger partial charge in [0.2, 0.25) is 0 Å². The van der Waals surface area contributed by atoms with E-state index >= 15 is 0 Å². The molecule has 4 rings (SSSR count). The maximum absolute atomic E-state index is 12.0. The molecule has 0 unspecified atom stereocenters. The van der Waals surface area contributed by atoms with Gasteiger partial charge in [0, 0.05) is 55.4 Å². The van der Waals surface area contributed by atoms with Crippen LogP contribution in [-0.4, -0.2) is 47.3 Å². The number of hydrogen-bond donors (Lipinski definition) is 1. The molecule has 2 aromatic heterocycles. The molecule has 1 aliphatic heterocycles. The summed E-state index contributed by atoms with van der Waals surface area (Å²) in [5.41, 5.74) is 3.36. The molecule has 1 saturated heterocycles. The summed E-state index contributed by atoms with van der Waals surface area (Å²) in [6.45, 7) is 7.72. The molecule has 0 bridgehead atoms. The Labute approximate surface area is 140 Å². The molecule has 0 aliphatic carbocycles. The summed E-state index contributed by atoms with van der Waals surface area (Å²) < 4.78 is 7.70. The van der Waals surface area contributed by atoms with E-state index in [2.05, 4.69) is 20.5 Å². The lowest BCUT2D eigenvalue weighted by molar-refractivity contribution is 0.0370. The lowest BCUT2D eigenvalue weighted by Gasteiger charge is -2.26. The first-order valence-electron chi connectivity index (χ1n) is 8.64. The van der Waals surface area contributed by atoms with E-state index in [1.165, 1.54) is 16.3 Å². The third kappa shape index (κ3) is 2.74. The van der Waals surface area contributed by atoms with Gasteiger partial charge in [-0.2, -0.15) is 0 Å². The van der Waals surface area contributed by atoms with Gasteiger partial charge in [0.25, 0.3) is 0 Å². The second kappa shape index (κ2) is 6.42. The predicted octanol–water partition coefficient (Wildman–Crippen LogP) is 2.51. The summed E-state index contributed by atoms with van der Waals surface area (Å²) in [4.78, 5) is 17.6. The van der Waals surface area contributed by atoms with Gasteiger partial charge in [-0.15, -0.1) is 0 Å².